The van der Waals surface area contributed by atoms with Gasteiger partial charge in [0.05, 0.1) is 0 Å². The van der Waals surface area contributed by atoms with Crippen molar-refractivity contribution in [3.63, 3.8) is 0 Å². The van der Waals surface area contributed by atoms with Crippen LogP contribution in [0.25, 0.3) is 0 Å². The van der Waals surface area contributed by atoms with Gasteiger partial charge in [-0.2, -0.15) is 0 Å². The van der Waals surface area contributed by atoms with Gasteiger partial charge in [-0.15, -0.1) is 0 Å². The molecule has 2 rings (SSSR count). The van der Waals surface area contributed by atoms with Crippen LogP contribution >= 0.6 is 0 Å². The number of aromatic nitrogens is 1. The lowest BCUT2D eigenvalue weighted by molar-refractivity contribution is 0.530. The standard InChI is InChI=1S/C10H13N/c1-7-6-10-9(8(7)2)4-3-5-11-10/h3-5,7-8H,6H2,1-2H3/t7?,8-/m1/s1. The second kappa shape index (κ2) is 2.33. The molecule has 0 radical (unpaired) electrons. The molecule has 0 spiro atoms. The minimum absolute atomic E-state index is 0.707. The van der Waals surface area contributed by atoms with E-state index >= 15 is 0 Å². The van der Waals surface area contributed by atoms with E-state index in [1.807, 2.05) is 12.3 Å². The lowest BCUT2D eigenvalue weighted by atomic mass is 9.97. The van der Waals surface area contributed by atoms with Crippen LogP contribution in [-0.4, -0.2) is 4.98 Å². The van der Waals surface area contributed by atoms with E-state index in [1.165, 1.54) is 11.3 Å². The highest BCUT2D eigenvalue weighted by Gasteiger charge is 2.25. The van der Waals surface area contributed by atoms with E-state index in [-0.39, 0.29) is 0 Å². The van der Waals surface area contributed by atoms with Crippen molar-refractivity contribution in [2.24, 2.45) is 5.92 Å². The molecule has 58 valence electrons. The minimum atomic E-state index is 0.707. The van der Waals surface area contributed by atoms with Crippen LogP contribution in [0.3, 0.4) is 0 Å². The van der Waals surface area contributed by atoms with Crippen LogP contribution in [-0.2, 0) is 6.42 Å². The Hall–Kier alpha value is -0.850. The average molecular weight is 147 g/mol. The molecule has 1 heterocycles. The highest BCUT2D eigenvalue weighted by atomic mass is 14.7. The van der Waals surface area contributed by atoms with Gasteiger partial charge >= 0.3 is 0 Å². The van der Waals surface area contributed by atoms with Gasteiger partial charge in [-0.1, -0.05) is 19.9 Å². The summed E-state index contributed by atoms with van der Waals surface area (Å²) in [4.78, 5) is 4.36. The molecular weight excluding hydrogens is 134 g/mol. The Labute approximate surface area is 67.5 Å². The first-order valence-corrected chi connectivity index (χ1v) is 4.23. The maximum Gasteiger partial charge on any atom is 0.0441 e. The number of hydrogen-bond donors (Lipinski definition) is 0. The Kier molecular flexibility index (Phi) is 1.45. The Morgan fingerprint density at radius 3 is 3.00 bits per heavy atom. The molecule has 0 saturated carbocycles. The zero-order valence-electron chi connectivity index (χ0n) is 7.04. The van der Waals surface area contributed by atoms with Crippen LogP contribution in [0.15, 0.2) is 18.3 Å². The number of nitrogens with zero attached hydrogens (tertiary/aromatic N) is 1. The van der Waals surface area contributed by atoms with E-state index in [0.717, 1.165) is 12.3 Å². The van der Waals surface area contributed by atoms with Gasteiger partial charge in [0, 0.05) is 11.9 Å². The minimum Gasteiger partial charge on any atom is -0.261 e. The zero-order chi connectivity index (χ0) is 7.84. The van der Waals surface area contributed by atoms with E-state index in [9.17, 15) is 0 Å². The van der Waals surface area contributed by atoms with Gasteiger partial charge in [0.2, 0.25) is 0 Å². The van der Waals surface area contributed by atoms with Gasteiger partial charge in [0.1, 0.15) is 0 Å². The summed E-state index contributed by atoms with van der Waals surface area (Å²) in [5, 5.41) is 0. The fourth-order valence-electron chi connectivity index (χ4n) is 1.82. The first-order valence-electron chi connectivity index (χ1n) is 4.23. The van der Waals surface area contributed by atoms with Crippen LogP contribution in [0.1, 0.15) is 31.0 Å². The van der Waals surface area contributed by atoms with Gasteiger partial charge in [0.15, 0.2) is 0 Å². The molecule has 2 atom stereocenters. The highest BCUT2D eigenvalue weighted by molar-refractivity contribution is 5.29. The predicted octanol–water partition coefficient (Wildman–Crippen LogP) is 2.38. The van der Waals surface area contributed by atoms with Crippen molar-refractivity contribution in [1.29, 1.82) is 0 Å². The maximum absolute atomic E-state index is 4.36. The monoisotopic (exact) mass is 147 g/mol. The third kappa shape index (κ3) is 0.953. The average Bonchev–Trinajstić information content (AvgIpc) is 2.30. The fraction of sp³-hybridized carbons (Fsp3) is 0.500. The van der Waals surface area contributed by atoms with E-state index in [0.29, 0.717) is 5.92 Å². The third-order valence-corrected chi connectivity index (χ3v) is 2.78. The first-order chi connectivity index (χ1) is 5.29. The second-order valence-electron chi connectivity index (χ2n) is 3.51. The molecule has 1 nitrogen and oxygen atoms in total. The molecule has 0 saturated heterocycles. The number of rotatable bonds is 0. The van der Waals surface area contributed by atoms with E-state index in [4.69, 9.17) is 0 Å². The highest BCUT2D eigenvalue weighted by Crippen LogP contribution is 2.35. The van der Waals surface area contributed by atoms with Crippen LogP contribution < -0.4 is 0 Å². The number of pyridine rings is 1. The molecule has 1 aliphatic rings. The molecule has 1 aliphatic carbocycles. The summed E-state index contributed by atoms with van der Waals surface area (Å²) in [6.45, 7) is 4.59. The summed E-state index contributed by atoms with van der Waals surface area (Å²) in [6.07, 6.45) is 3.06. The third-order valence-electron chi connectivity index (χ3n) is 2.78. The van der Waals surface area contributed by atoms with E-state index < -0.39 is 0 Å². The van der Waals surface area contributed by atoms with Gasteiger partial charge in [-0.05, 0) is 29.9 Å². The Morgan fingerprint density at radius 1 is 1.45 bits per heavy atom. The fourth-order valence-corrected chi connectivity index (χ4v) is 1.82. The van der Waals surface area contributed by atoms with Crippen LogP contribution in [0.4, 0.5) is 0 Å². The molecule has 1 heteroatoms. The van der Waals surface area contributed by atoms with Gasteiger partial charge in [0.25, 0.3) is 0 Å². The molecular formula is C10H13N. The predicted molar refractivity (Wildman–Crippen MR) is 45.5 cm³/mol. The zero-order valence-corrected chi connectivity index (χ0v) is 7.04. The quantitative estimate of drug-likeness (QED) is 0.549. The molecule has 0 fully saturated rings. The molecule has 11 heavy (non-hydrogen) atoms. The van der Waals surface area contributed by atoms with Crippen molar-refractivity contribution >= 4 is 0 Å². The Morgan fingerprint density at radius 2 is 2.27 bits per heavy atom. The van der Waals surface area contributed by atoms with E-state index in [2.05, 4.69) is 24.9 Å². The normalized spacial score (nSPS) is 28.5. The molecule has 0 bridgehead atoms. The molecule has 0 amide bonds. The smallest absolute Gasteiger partial charge is 0.0441 e. The number of fused-ring (bicyclic) bond motifs is 1. The van der Waals surface area contributed by atoms with Crippen molar-refractivity contribution in [2.75, 3.05) is 0 Å². The lowest BCUT2D eigenvalue weighted by Gasteiger charge is -2.07. The van der Waals surface area contributed by atoms with Crippen molar-refractivity contribution < 1.29 is 0 Å². The molecule has 0 N–H and O–H groups in total. The van der Waals surface area contributed by atoms with Gasteiger partial charge in [-0.3, -0.25) is 4.98 Å². The summed E-state index contributed by atoms with van der Waals surface area (Å²) >= 11 is 0. The molecule has 1 aromatic heterocycles. The summed E-state index contributed by atoms with van der Waals surface area (Å²) in [5.41, 5.74) is 2.77. The van der Waals surface area contributed by atoms with Crippen molar-refractivity contribution in [3.8, 4) is 0 Å². The molecule has 0 aromatic carbocycles. The van der Waals surface area contributed by atoms with Crippen molar-refractivity contribution in [2.45, 2.75) is 26.2 Å². The van der Waals surface area contributed by atoms with Crippen LogP contribution in [0.2, 0.25) is 0 Å². The van der Waals surface area contributed by atoms with Crippen molar-refractivity contribution in [3.05, 3.63) is 29.6 Å². The largest absolute Gasteiger partial charge is 0.261 e. The van der Waals surface area contributed by atoms with E-state index in [1.54, 1.807) is 0 Å². The maximum atomic E-state index is 4.36. The summed E-state index contributed by atoms with van der Waals surface area (Å²) < 4.78 is 0. The van der Waals surface area contributed by atoms with Crippen LogP contribution in [0.5, 0.6) is 0 Å². The van der Waals surface area contributed by atoms with Crippen molar-refractivity contribution in [1.82, 2.24) is 4.98 Å². The Balaban J connectivity index is 2.47. The number of hydrogen-bond acceptors (Lipinski definition) is 1. The van der Waals surface area contributed by atoms with Gasteiger partial charge < -0.3 is 0 Å². The Bertz CT molecular complexity index is 267. The molecule has 0 aliphatic heterocycles. The molecule has 1 unspecified atom stereocenters. The molecule has 1 aromatic rings. The summed E-state index contributed by atoms with van der Waals surface area (Å²) in [5.74, 6) is 1.48. The summed E-state index contributed by atoms with van der Waals surface area (Å²) in [7, 11) is 0. The topological polar surface area (TPSA) is 12.9 Å². The van der Waals surface area contributed by atoms with Crippen LogP contribution in [0, 0.1) is 5.92 Å². The lowest BCUT2D eigenvalue weighted by Crippen LogP contribution is -1.97. The first kappa shape index (κ1) is 6.84. The summed E-state index contributed by atoms with van der Waals surface area (Å²) in [6, 6.07) is 4.24. The second-order valence-corrected chi connectivity index (χ2v) is 3.51. The SMILES string of the molecule is CC1Cc2ncccc2[C@@H]1C. The van der Waals surface area contributed by atoms with Gasteiger partial charge in [-0.25, -0.2) is 0 Å².